The lowest BCUT2D eigenvalue weighted by Crippen LogP contribution is -2.11. The zero-order valence-electron chi connectivity index (χ0n) is 18.8. The monoisotopic (exact) mass is 449 g/mol. The van der Waals surface area contributed by atoms with Crippen LogP contribution in [0.4, 0.5) is 5.69 Å². The molecule has 0 saturated carbocycles. The number of carbonyl (C=O) groups excluding carboxylic acids is 1. The van der Waals surface area contributed by atoms with E-state index in [9.17, 15) is 4.79 Å². The topological polar surface area (TPSA) is 104 Å². The van der Waals surface area contributed by atoms with Crippen LogP contribution in [0.15, 0.2) is 53.3 Å². The standard InChI is InChI=1S/C24H27N5O4/c1-3-7-21-27-24(33-28-21)10-6-9-23(30)26-17-11-12-19(31-2)20(14-17)32-16-18-15-29-13-5-4-8-22(29)25-18/h4-5,8,11-15H,3,6-7,9-10,16H2,1-2H3,(H,26,30). The third kappa shape index (κ3) is 5.88. The average Bonchev–Trinajstić information content (AvgIpc) is 3.44. The molecule has 33 heavy (non-hydrogen) atoms. The molecule has 0 aliphatic carbocycles. The van der Waals surface area contributed by atoms with Crippen LogP contribution in [0.25, 0.3) is 5.65 Å². The number of imidazole rings is 1. The first-order valence-electron chi connectivity index (χ1n) is 11.0. The molecule has 0 fully saturated rings. The Morgan fingerprint density at radius 1 is 1.15 bits per heavy atom. The van der Waals surface area contributed by atoms with Gasteiger partial charge in [-0.2, -0.15) is 4.98 Å². The lowest BCUT2D eigenvalue weighted by Gasteiger charge is -2.12. The van der Waals surface area contributed by atoms with Crippen molar-refractivity contribution in [1.29, 1.82) is 0 Å². The Hall–Kier alpha value is -3.88. The van der Waals surface area contributed by atoms with E-state index in [1.54, 1.807) is 25.3 Å². The molecular weight excluding hydrogens is 422 g/mol. The smallest absolute Gasteiger partial charge is 0.226 e. The summed E-state index contributed by atoms with van der Waals surface area (Å²) in [5.41, 5.74) is 2.28. The molecule has 9 nitrogen and oxygen atoms in total. The van der Waals surface area contributed by atoms with Crippen LogP contribution in [-0.4, -0.2) is 32.5 Å². The summed E-state index contributed by atoms with van der Waals surface area (Å²) in [6, 6.07) is 11.1. The van der Waals surface area contributed by atoms with Gasteiger partial charge in [0, 0.05) is 43.4 Å². The van der Waals surface area contributed by atoms with Crippen LogP contribution in [-0.2, 0) is 24.2 Å². The van der Waals surface area contributed by atoms with E-state index in [0.717, 1.165) is 24.2 Å². The fourth-order valence-electron chi connectivity index (χ4n) is 3.42. The van der Waals surface area contributed by atoms with Gasteiger partial charge in [0.05, 0.1) is 12.8 Å². The summed E-state index contributed by atoms with van der Waals surface area (Å²) in [6.45, 7) is 2.34. The van der Waals surface area contributed by atoms with E-state index in [1.807, 2.05) is 35.0 Å². The number of aromatic nitrogens is 4. The van der Waals surface area contributed by atoms with E-state index in [1.165, 1.54) is 0 Å². The van der Waals surface area contributed by atoms with Gasteiger partial charge in [-0.1, -0.05) is 18.1 Å². The van der Waals surface area contributed by atoms with E-state index in [-0.39, 0.29) is 12.5 Å². The molecule has 4 rings (SSSR count). The Morgan fingerprint density at radius 3 is 2.88 bits per heavy atom. The molecule has 3 heterocycles. The zero-order chi connectivity index (χ0) is 23.0. The van der Waals surface area contributed by atoms with E-state index in [4.69, 9.17) is 14.0 Å². The quantitative estimate of drug-likeness (QED) is 0.366. The Bertz CT molecular complexity index is 1180. The Labute approximate surface area is 191 Å². The molecule has 172 valence electrons. The molecule has 0 aliphatic heterocycles. The van der Waals surface area contributed by atoms with E-state index in [2.05, 4.69) is 27.4 Å². The highest BCUT2D eigenvalue weighted by Crippen LogP contribution is 2.31. The summed E-state index contributed by atoms with van der Waals surface area (Å²) in [4.78, 5) is 21.3. The number of methoxy groups -OCH3 is 1. The number of ether oxygens (including phenoxy) is 2. The van der Waals surface area contributed by atoms with Crippen LogP contribution >= 0.6 is 0 Å². The Balaban J connectivity index is 1.31. The molecule has 0 atom stereocenters. The molecule has 9 heteroatoms. The van der Waals surface area contributed by atoms with Crippen LogP contribution in [0.1, 0.15) is 43.6 Å². The fourth-order valence-corrected chi connectivity index (χ4v) is 3.42. The minimum atomic E-state index is -0.0974. The van der Waals surface area contributed by atoms with Crippen LogP contribution < -0.4 is 14.8 Å². The largest absolute Gasteiger partial charge is 0.493 e. The highest BCUT2D eigenvalue weighted by molar-refractivity contribution is 5.91. The molecule has 0 saturated heterocycles. The SMILES string of the molecule is CCCc1noc(CCCC(=O)Nc2ccc(OC)c(OCc3cn4ccccc4n3)c2)n1. The minimum Gasteiger partial charge on any atom is -0.493 e. The number of hydrogen-bond acceptors (Lipinski definition) is 7. The van der Waals surface area contributed by atoms with Gasteiger partial charge < -0.3 is 23.7 Å². The van der Waals surface area contributed by atoms with Gasteiger partial charge >= 0.3 is 0 Å². The summed E-state index contributed by atoms with van der Waals surface area (Å²) in [5.74, 6) is 2.29. The second-order valence-electron chi connectivity index (χ2n) is 7.61. The number of rotatable bonds is 11. The maximum absolute atomic E-state index is 12.4. The molecular formula is C24H27N5O4. The van der Waals surface area contributed by atoms with Gasteiger partial charge in [-0.3, -0.25) is 4.79 Å². The number of benzene rings is 1. The first-order chi connectivity index (χ1) is 16.1. The van der Waals surface area contributed by atoms with Crippen molar-refractivity contribution in [3.8, 4) is 11.5 Å². The molecule has 0 bridgehead atoms. The predicted molar refractivity (Wildman–Crippen MR) is 122 cm³/mol. The maximum atomic E-state index is 12.4. The first-order valence-corrected chi connectivity index (χ1v) is 11.0. The number of nitrogens with one attached hydrogen (secondary N) is 1. The molecule has 1 aromatic carbocycles. The Morgan fingerprint density at radius 2 is 2.06 bits per heavy atom. The maximum Gasteiger partial charge on any atom is 0.226 e. The van der Waals surface area contributed by atoms with Crippen molar-refractivity contribution in [2.24, 2.45) is 0 Å². The highest BCUT2D eigenvalue weighted by Gasteiger charge is 2.11. The van der Waals surface area contributed by atoms with Crippen LogP contribution in [0.5, 0.6) is 11.5 Å². The molecule has 0 unspecified atom stereocenters. The second kappa shape index (κ2) is 10.6. The first kappa shape index (κ1) is 22.3. The number of pyridine rings is 1. The van der Waals surface area contributed by atoms with Gasteiger partial charge in [0.2, 0.25) is 11.8 Å². The van der Waals surface area contributed by atoms with Gasteiger partial charge in [-0.15, -0.1) is 0 Å². The summed E-state index contributed by atoms with van der Waals surface area (Å²) in [5, 5.41) is 6.84. The van der Waals surface area contributed by atoms with Gasteiger partial charge in [0.15, 0.2) is 17.3 Å². The summed E-state index contributed by atoms with van der Waals surface area (Å²) >= 11 is 0. The number of amides is 1. The second-order valence-corrected chi connectivity index (χ2v) is 7.61. The predicted octanol–water partition coefficient (Wildman–Crippen LogP) is 4.22. The van der Waals surface area contributed by atoms with E-state index >= 15 is 0 Å². The zero-order valence-corrected chi connectivity index (χ0v) is 18.8. The third-order valence-corrected chi connectivity index (χ3v) is 5.02. The highest BCUT2D eigenvalue weighted by atomic mass is 16.5. The average molecular weight is 450 g/mol. The molecule has 1 N–H and O–H groups in total. The van der Waals surface area contributed by atoms with Gasteiger partial charge in [-0.05, 0) is 37.1 Å². The van der Waals surface area contributed by atoms with Crippen molar-refractivity contribution >= 4 is 17.2 Å². The third-order valence-electron chi connectivity index (χ3n) is 5.02. The summed E-state index contributed by atoms with van der Waals surface area (Å²) in [7, 11) is 1.58. The summed E-state index contributed by atoms with van der Waals surface area (Å²) < 4.78 is 18.5. The summed E-state index contributed by atoms with van der Waals surface area (Å²) in [6.07, 6.45) is 7.15. The lowest BCUT2D eigenvalue weighted by molar-refractivity contribution is -0.116. The molecule has 3 aromatic heterocycles. The van der Waals surface area contributed by atoms with Crippen molar-refractivity contribution in [2.75, 3.05) is 12.4 Å². The number of hydrogen-bond donors (Lipinski definition) is 1. The fraction of sp³-hybridized carbons (Fsp3) is 0.333. The normalized spacial score (nSPS) is 11.0. The van der Waals surface area contributed by atoms with Crippen LogP contribution in [0.3, 0.4) is 0 Å². The number of aryl methyl sites for hydroxylation is 2. The van der Waals surface area contributed by atoms with Crippen molar-refractivity contribution < 1.29 is 18.8 Å². The lowest BCUT2D eigenvalue weighted by atomic mass is 10.2. The van der Waals surface area contributed by atoms with Gasteiger partial charge in [-0.25, -0.2) is 4.98 Å². The number of fused-ring (bicyclic) bond motifs is 1. The van der Waals surface area contributed by atoms with Gasteiger partial charge in [0.1, 0.15) is 12.3 Å². The van der Waals surface area contributed by atoms with Crippen molar-refractivity contribution in [3.05, 3.63) is 66.2 Å². The number of carbonyl (C=O) groups is 1. The van der Waals surface area contributed by atoms with E-state index < -0.39 is 0 Å². The van der Waals surface area contributed by atoms with Crippen molar-refractivity contribution in [3.63, 3.8) is 0 Å². The molecule has 1 amide bonds. The minimum absolute atomic E-state index is 0.0974. The van der Waals surface area contributed by atoms with Crippen LogP contribution in [0.2, 0.25) is 0 Å². The van der Waals surface area contributed by atoms with Crippen molar-refractivity contribution in [2.45, 2.75) is 45.6 Å². The number of anilines is 1. The van der Waals surface area contributed by atoms with Crippen LogP contribution in [0, 0.1) is 0 Å². The molecule has 4 aromatic rings. The van der Waals surface area contributed by atoms with Crippen molar-refractivity contribution in [1.82, 2.24) is 19.5 Å². The Kier molecular flexibility index (Phi) is 7.19. The molecule has 0 aliphatic rings. The number of nitrogens with zero attached hydrogens (tertiary/aromatic N) is 4. The van der Waals surface area contributed by atoms with E-state index in [0.29, 0.717) is 48.2 Å². The molecule has 0 radical (unpaired) electrons. The van der Waals surface area contributed by atoms with Gasteiger partial charge in [0.25, 0.3) is 0 Å². The molecule has 0 spiro atoms.